The topological polar surface area (TPSA) is 83.0 Å². The van der Waals surface area contributed by atoms with E-state index in [9.17, 15) is 10.1 Å². The summed E-state index contributed by atoms with van der Waals surface area (Å²) in [5, 5.41) is 17.8. The normalized spacial score (nSPS) is 17.1. The second kappa shape index (κ2) is 8.13. The molecule has 1 heterocycles. The van der Waals surface area contributed by atoms with Gasteiger partial charge in [-0.15, -0.1) is 10.2 Å². The van der Waals surface area contributed by atoms with E-state index in [2.05, 4.69) is 16.3 Å². The highest BCUT2D eigenvalue weighted by Crippen LogP contribution is 2.34. The smallest absolute Gasteiger partial charge is 0.277 e. The molecule has 0 aliphatic heterocycles. The fourth-order valence-electron chi connectivity index (χ4n) is 3.41. The minimum absolute atomic E-state index is 0.0847. The van der Waals surface area contributed by atoms with Crippen LogP contribution in [0.2, 0.25) is 0 Å². The van der Waals surface area contributed by atoms with Crippen molar-refractivity contribution in [3.05, 3.63) is 29.8 Å². The van der Waals surface area contributed by atoms with Gasteiger partial charge in [0, 0.05) is 12.6 Å². The molecule has 1 amide bonds. The molecular formula is C20H24N4O2S. The van der Waals surface area contributed by atoms with E-state index in [1.807, 2.05) is 38.1 Å². The van der Waals surface area contributed by atoms with Crippen molar-refractivity contribution >= 4 is 17.7 Å². The Bertz CT molecular complexity index is 834. The highest BCUT2D eigenvalue weighted by Gasteiger charge is 2.40. The lowest BCUT2D eigenvalue weighted by atomic mass is 9.81. The summed E-state index contributed by atoms with van der Waals surface area (Å²) < 4.78 is 5.71. The van der Waals surface area contributed by atoms with Gasteiger partial charge < -0.3 is 9.32 Å². The van der Waals surface area contributed by atoms with Crippen molar-refractivity contribution in [2.75, 3.05) is 7.05 Å². The van der Waals surface area contributed by atoms with Crippen LogP contribution in [0.25, 0.3) is 11.5 Å². The Hall–Kier alpha value is -2.33. The maximum absolute atomic E-state index is 12.9. The van der Waals surface area contributed by atoms with E-state index >= 15 is 0 Å². The molecule has 1 aliphatic carbocycles. The van der Waals surface area contributed by atoms with Crippen LogP contribution >= 0.6 is 11.8 Å². The molecule has 2 aromatic rings. The summed E-state index contributed by atoms with van der Waals surface area (Å²) in [6.07, 6.45) is 4.56. The molecule has 0 bridgehead atoms. The van der Waals surface area contributed by atoms with Crippen molar-refractivity contribution in [2.45, 2.75) is 62.0 Å². The molecule has 1 aromatic heterocycles. The number of aromatic nitrogens is 2. The van der Waals surface area contributed by atoms with Crippen LogP contribution < -0.4 is 0 Å². The van der Waals surface area contributed by atoms with Crippen LogP contribution in [-0.2, 0) is 4.79 Å². The number of thioether (sulfide) groups is 1. The van der Waals surface area contributed by atoms with Gasteiger partial charge in [-0.3, -0.25) is 4.79 Å². The summed E-state index contributed by atoms with van der Waals surface area (Å²) in [5.74, 6) is 0.352. The molecular weight excluding hydrogens is 360 g/mol. The average molecular weight is 385 g/mol. The highest BCUT2D eigenvalue weighted by atomic mass is 32.2. The predicted molar refractivity (Wildman–Crippen MR) is 104 cm³/mol. The minimum atomic E-state index is -0.688. The van der Waals surface area contributed by atoms with Gasteiger partial charge in [0.1, 0.15) is 5.54 Å². The Kier molecular flexibility index (Phi) is 5.85. The lowest BCUT2D eigenvalue weighted by molar-refractivity contribution is -0.133. The summed E-state index contributed by atoms with van der Waals surface area (Å²) in [6, 6.07) is 10.2. The van der Waals surface area contributed by atoms with E-state index in [1.165, 1.54) is 11.8 Å². The van der Waals surface area contributed by atoms with Crippen LogP contribution in [0.1, 0.15) is 44.6 Å². The van der Waals surface area contributed by atoms with E-state index in [4.69, 9.17) is 4.42 Å². The summed E-state index contributed by atoms with van der Waals surface area (Å²) >= 11 is 1.23. The first-order valence-corrected chi connectivity index (χ1v) is 10.1. The molecule has 6 nitrogen and oxygen atoms in total. The average Bonchev–Trinajstić information content (AvgIpc) is 3.16. The molecule has 0 radical (unpaired) electrons. The van der Waals surface area contributed by atoms with Gasteiger partial charge in [0.05, 0.1) is 11.3 Å². The van der Waals surface area contributed by atoms with E-state index in [0.29, 0.717) is 11.1 Å². The number of nitrogens with zero attached hydrogens (tertiary/aromatic N) is 4. The number of hydrogen-bond acceptors (Lipinski definition) is 6. The largest absolute Gasteiger partial charge is 0.411 e. The molecule has 0 N–H and O–H groups in total. The van der Waals surface area contributed by atoms with Gasteiger partial charge in [-0.25, -0.2) is 0 Å². The molecule has 1 saturated carbocycles. The first-order chi connectivity index (χ1) is 12.9. The second-order valence-corrected chi connectivity index (χ2v) is 8.39. The Balaban J connectivity index is 1.68. The van der Waals surface area contributed by atoms with Crippen LogP contribution in [0, 0.1) is 18.3 Å². The van der Waals surface area contributed by atoms with Crippen molar-refractivity contribution in [3.8, 4) is 17.5 Å². The van der Waals surface area contributed by atoms with Gasteiger partial charge in [0.2, 0.25) is 11.8 Å². The fourth-order valence-corrected chi connectivity index (χ4v) is 4.19. The number of carbonyl (C=O) groups is 1. The van der Waals surface area contributed by atoms with Crippen molar-refractivity contribution in [3.63, 3.8) is 0 Å². The number of amides is 1. The van der Waals surface area contributed by atoms with Gasteiger partial charge in [-0.05, 0) is 38.8 Å². The van der Waals surface area contributed by atoms with Crippen molar-refractivity contribution < 1.29 is 9.21 Å². The monoisotopic (exact) mass is 384 g/mol. The molecule has 27 heavy (non-hydrogen) atoms. The van der Waals surface area contributed by atoms with E-state index in [1.54, 1.807) is 11.9 Å². The van der Waals surface area contributed by atoms with Crippen molar-refractivity contribution in [2.24, 2.45) is 0 Å². The Morgan fingerprint density at radius 1 is 1.26 bits per heavy atom. The molecule has 1 aliphatic rings. The molecule has 3 rings (SSSR count). The molecule has 1 aromatic carbocycles. The lowest BCUT2D eigenvalue weighted by Crippen LogP contribution is -2.52. The predicted octanol–water partition coefficient (Wildman–Crippen LogP) is 4.21. The van der Waals surface area contributed by atoms with Crippen LogP contribution in [-0.4, -0.2) is 38.8 Å². The van der Waals surface area contributed by atoms with Gasteiger partial charge in [-0.2, -0.15) is 5.26 Å². The fraction of sp³-hybridized carbons (Fsp3) is 0.500. The zero-order valence-corrected chi connectivity index (χ0v) is 16.8. The Labute approximate surface area is 164 Å². The van der Waals surface area contributed by atoms with Crippen LogP contribution in [0.5, 0.6) is 0 Å². The van der Waals surface area contributed by atoms with Crippen molar-refractivity contribution in [1.82, 2.24) is 15.1 Å². The number of aryl methyl sites for hydroxylation is 1. The third-order valence-corrected chi connectivity index (χ3v) is 6.11. The number of rotatable bonds is 5. The van der Waals surface area contributed by atoms with Crippen LogP contribution in [0.3, 0.4) is 0 Å². The van der Waals surface area contributed by atoms with E-state index < -0.39 is 10.8 Å². The quantitative estimate of drug-likeness (QED) is 0.718. The Morgan fingerprint density at radius 2 is 1.93 bits per heavy atom. The van der Waals surface area contributed by atoms with Gasteiger partial charge in [0.25, 0.3) is 5.22 Å². The van der Waals surface area contributed by atoms with Gasteiger partial charge in [-0.1, -0.05) is 48.7 Å². The molecule has 1 atom stereocenters. The maximum atomic E-state index is 12.9. The standard InChI is InChI=1S/C20H24N4O2S/c1-14-7-9-16(10-8-14)17-22-23-19(26-17)27-15(2)18(25)24(3)20(13-21)11-5-4-6-12-20/h7-10,15H,4-6,11-12H2,1-3H3/t15-/m0/s1. The molecule has 1 fully saturated rings. The zero-order valence-electron chi connectivity index (χ0n) is 15.9. The first-order valence-electron chi connectivity index (χ1n) is 9.21. The number of carbonyl (C=O) groups excluding carboxylic acids is 1. The second-order valence-electron chi connectivity index (χ2n) is 7.10. The number of nitriles is 1. The summed E-state index contributed by atoms with van der Waals surface area (Å²) in [6.45, 7) is 3.83. The molecule has 142 valence electrons. The first kappa shape index (κ1) is 19.4. The summed E-state index contributed by atoms with van der Waals surface area (Å²) in [7, 11) is 1.74. The van der Waals surface area contributed by atoms with Gasteiger partial charge >= 0.3 is 0 Å². The molecule has 0 saturated heterocycles. The van der Waals surface area contributed by atoms with Crippen LogP contribution in [0.15, 0.2) is 33.9 Å². The third-order valence-electron chi connectivity index (χ3n) is 5.19. The zero-order chi connectivity index (χ0) is 19.4. The number of hydrogen-bond donors (Lipinski definition) is 0. The van der Waals surface area contributed by atoms with Crippen molar-refractivity contribution in [1.29, 1.82) is 5.26 Å². The highest BCUT2D eigenvalue weighted by molar-refractivity contribution is 8.00. The molecule has 0 spiro atoms. The van der Waals surface area contributed by atoms with E-state index in [-0.39, 0.29) is 5.91 Å². The molecule has 7 heteroatoms. The third kappa shape index (κ3) is 4.16. The van der Waals surface area contributed by atoms with Crippen LogP contribution in [0.4, 0.5) is 0 Å². The lowest BCUT2D eigenvalue weighted by Gasteiger charge is -2.39. The number of benzene rings is 1. The van der Waals surface area contributed by atoms with E-state index in [0.717, 1.165) is 43.2 Å². The Morgan fingerprint density at radius 3 is 2.56 bits per heavy atom. The minimum Gasteiger partial charge on any atom is -0.411 e. The molecule has 0 unspecified atom stereocenters. The van der Waals surface area contributed by atoms with Gasteiger partial charge in [0.15, 0.2) is 0 Å². The summed E-state index contributed by atoms with van der Waals surface area (Å²) in [4.78, 5) is 14.5. The maximum Gasteiger partial charge on any atom is 0.277 e. The summed E-state index contributed by atoms with van der Waals surface area (Å²) in [5.41, 5.74) is 1.32. The SMILES string of the molecule is Cc1ccc(-c2nnc(S[C@@H](C)C(=O)N(C)C3(C#N)CCCCC3)o2)cc1.